The van der Waals surface area contributed by atoms with Crippen LogP contribution in [0.15, 0.2) is 29.2 Å². The van der Waals surface area contributed by atoms with Crippen molar-refractivity contribution in [1.82, 2.24) is 19.2 Å². The molecule has 1 atom stereocenters. The number of nitrogens with zero attached hydrogens (tertiary/aromatic N) is 4. The monoisotopic (exact) mass is 435 g/mol. The summed E-state index contributed by atoms with van der Waals surface area (Å²) in [5.41, 5.74) is 1.79. The van der Waals surface area contributed by atoms with Crippen molar-refractivity contribution in [2.45, 2.75) is 36.6 Å². The Balaban J connectivity index is 1.68. The van der Waals surface area contributed by atoms with Crippen LogP contribution in [0.5, 0.6) is 0 Å². The molecule has 0 unspecified atom stereocenters. The first-order chi connectivity index (χ1) is 13.9. The molecule has 156 valence electrons. The first-order valence-electron chi connectivity index (χ1n) is 9.91. The number of likely N-dealkylation sites (N-methyl/N-ethyl adjacent to an activating group) is 1. The minimum absolute atomic E-state index is 0.141. The van der Waals surface area contributed by atoms with Crippen LogP contribution in [0.25, 0.3) is 0 Å². The fourth-order valence-electron chi connectivity index (χ4n) is 4.19. The van der Waals surface area contributed by atoms with E-state index in [2.05, 4.69) is 17.3 Å². The number of likely N-dealkylation sites (tertiary alicyclic amines) is 1. The molecule has 4 rings (SSSR count). The van der Waals surface area contributed by atoms with Crippen molar-refractivity contribution < 1.29 is 8.42 Å². The van der Waals surface area contributed by atoms with Gasteiger partial charge < -0.3 is 10.2 Å². The molecule has 1 aromatic carbocycles. The number of aromatic nitrogens is 2. The highest BCUT2D eigenvalue weighted by atomic mass is 35.5. The topological polar surface area (TPSA) is 78.4 Å². The molecular formula is C20H26ClN5O2S. The van der Waals surface area contributed by atoms with Gasteiger partial charge in [0.2, 0.25) is 10.0 Å². The Morgan fingerprint density at radius 1 is 1.21 bits per heavy atom. The summed E-state index contributed by atoms with van der Waals surface area (Å²) in [4.78, 5) is 12.1. The summed E-state index contributed by atoms with van der Waals surface area (Å²) in [5.74, 6) is 1.88. The molecule has 2 aliphatic heterocycles. The maximum atomic E-state index is 13.2. The summed E-state index contributed by atoms with van der Waals surface area (Å²) in [6.45, 7) is 2.62. The predicted molar refractivity (Wildman–Crippen MR) is 114 cm³/mol. The van der Waals surface area contributed by atoms with Crippen molar-refractivity contribution in [2.75, 3.05) is 39.0 Å². The largest absolute Gasteiger partial charge is 0.373 e. The number of nitrogens with one attached hydrogen (secondary N) is 1. The van der Waals surface area contributed by atoms with Crippen molar-refractivity contribution >= 4 is 27.4 Å². The molecule has 0 bridgehead atoms. The molecule has 0 radical (unpaired) electrons. The van der Waals surface area contributed by atoms with E-state index in [1.165, 1.54) is 4.31 Å². The smallest absolute Gasteiger partial charge is 0.244 e. The minimum Gasteiger partial charge on any atom is -0.373 e. The predicted octanol–water partition coefficient (Wildman–Crippen LogP) is 2.73. The van der Waals surface area contributed by atoms with Crippen LogP contribution in [0.3, 0.4) is 0 Å². The average molecular weight is 436 g/mol. The van der Waals surface area contributed by atoms with E-state index in [1.54, 1.807) is 24.3 Å². The Morgan fingerprint density at radius 2 is 2.00 bits per heavy atom. The summed E-state index contributed by atoms with van der Waals surface area (Å²) in [5, 5.41) is 3.43. The van der Waals surface area contributed by atoms with Crippen molar-refractivity contribution in [1.29, 1.82) is 0 Å². The Bertz CT molecular complexity index is 1010. The molecular weight excluding hydrogens is 410 g/mol. The van der Waals surface area contributed by atoms with E-state index in [-0.39, 0.29) is 22.4 Å². The van der Waals surface area contributed by atoms with Crippen LogP contribution in [0.4, 0.5) is 5.82 Å². The number of halogens is 1. The molecule has 9 heteroatoms. The molecule has 1 N–H and O–H groups in total. The molecule has 0 saturated carbocycles. The molecule has 2 aliphatic rings. The Kier molecular flexibility index (Phi) is 5.79. The lowest BCUT2D eigenvalue weighted by Gasteiger charge is -2.32. The molecule has 0 amide bonds. The van der Waals surface area contributed by atoms with Crippen LogP contribution in [-0.2, 0) is 23.0 Å². The third kappa shape index (κ3) is 3.99. The van der Waals surface area contributed by atoms with Crippen molar-refractivity contribution in [3.63, 3.8) is 0 Å². The molecule has 1 saturated heterocycles. The van der Waals surface area contributed by atoms with E-state index >= 15 is 0 Å². The van der Waals surface area contributed by atoms with Crippen LogP contribution in [-0.4, -0.2) is 61.3 Å². The van der Waals surface area contributed by atoms with Gasteiger partial charge in [-0.25, -0.2) is 18.4 Å². The van der Waals surface area contributed by atoms with E-state index in [9.17, 15) is 8.42 Å². The van der Waals surface area contributed by atoms with Crippen molar-refractivity contribution in [2.24, 2.45) is 0 Å². The third-order valence-electron chi connectivity index (χ3n) is 5.73. The first-order valence-corrected chi connectivity index (χ1v) is 11.7. The standard InChI is InChI=1S/C20H26ClN5O2S/c1-22-20-15-9-11-26(29(27,28)18-8-4-3-7-16(18)21)13-17(15)23-19(24-20)14-6-5-10-25(2)12-14/h3-4,7-8,14H,5-6,9-13H2,1-2H3,(H,22,23,24)/t14-/m1/s1. The quantitative estimate of drug-likeness (QED) is 0.795. The second-order valence-corrected chi connectivity index (χ2v) is 10.0. The van der Waals surface area contributed by atoms with Gasteiger partial charge in [-0.2, -0.15) is 4.31 Å². The van der Waals surface area contributed by atoms with Crippen molar-refractivity contribution in [3.8, 4) is 0 Å². The SMILES string of the molecule is CNc1nc([C@@H]2CCCN(C)C2)nc2c1CCN(S(=O)(=O)c1ccccc1Cl)C2. The minimum atomic E-state index is -3.69. The summed E-state index contributed by atoms with van der Waals surface area (Å²) >= 11 is 6.17. The van der Waals surface area contributed by atoms with Crippen LogP contribution < -0.4 is 5.32 Å². The lowest BCUT2D eigenvalue weighted by Crippen LogP contribution is -2.38. The number of hydrogen-bond acceptors (Lipinski definition) is 6. The van der Waals surface area contributed by atoms with Gasteiger partial charge in [0, 0.05) is 31.6 Å². The highest BCUT2D eigenvalue weighted by Gasteiger charge is 2.33. The molecule has 1 aromatic heterocycles. The van der Waals surface area contributed by atoms with Gasteiger partial charge in [-0.15, -0.1) is 0 Å². The van der Waals surface area contributed by atoms with E-state index in [0.717, 1.165) is 48.8 Å². The van der Waals surface area contributed by atoms with E-state index in [0.29, 0.717) is 13.0 Å². The molecule has 1 fully saturated rings. The van der Waals surface area contributed by atoms with Crippen LogP contribution in [0, 0.1) is 0 Å². The summed E-state index contributed by atoms with van der Waals surface area (Å²) < 4.78 is 27.8. The number of anilines is 1. The van der Waals surface area contributed by atoms with Gasteiger partial charge in [-0.3, -0.25) is 0 Å². The van der Waals surface area contributed by atoms with E-state index < -0.39 is 10.0 Å². The average Bonchev–Trinajstić information content (AvgIpc) is 2.72. The fraction of sp³-hybridized carbons (Fsp3) is 0.500. The summed E-state index contributed by atoms with van der Waals surface area (Å²) in [6.07, 6.45) is 2.73. The zero-order chi connectivity index (χ0) is 20.6. The van der Waals surface area contributed by atoms with Crippen molar-refractivity contribution in [3.05, 3.63) is 46.4 Å². The number of fused-ring (bicyclic) bond motifs is 1. The molecule has 29 heavy (non-hydrogen) atoms. The van der Waals surface area contributed by atoms with E-state index in [1.807, 2.05) is 7.05 Å². The van der Waals surface area contributed by atoms with Gasteiger partial charge in [0.25, 0.3) is 0 Å². The Hall–Kier alpha value is -1.74. The van der Waals surface area contributed by atoms with Crippen LogP contribution in [0.1, 0.15) is 35.8 Å². The highest BCUT2D eigenvalue weighted by Crippen LogP contribution is 2.32. The van der Waals surface area contributed by atoms with Crippen LogP contribution >= 0.6 is 11.6 Å². The molecule has 7 nitrogen and oxygen atoms in total. The maximum Gasteiger partial charge on any atom is 0.244 e. The normalized spacial score (nSPS) is 21.0. The zero-order valence-electron chi connectivity index (χ0n) is 16.7. The Labute approximate surface area is 177 Å². The Morgan fingerprint density at radius 3 is 2.72 bits per heavy atom. The summed E-state index contributed by atoms with van der Waals surface area (Å²) in [7, 11) is 0.277. The number of hydrogen-bond donors (Lipinski definition) is 1. The molecule has 0 aliphatic carbocycles. The van der Waals surface area contributed by atoms with Gasteiger partial charge >= 0.3 is 0 Å². The number of sulfonamides is 1. The molecule has 0 spiro atoms. The lowest BCUT2D eigenvalue weighted by molar-refractivity contribution is 0.245. The number of piperidine rings is 1. The number of benzene rings is 1. The second kappa shape index (κ2) is 8.18. The zero-order valence-corrected chi connectivity index (χ0v) is 18.3. The lowest BCUT2D eigenvalue weighted by atomic mass is 9.96. The second-order valence-electron chi connectivity index (χ2n) is 7.73. The van der Waals surface area contributed by atoms with Gasteiger partial charge in [0.15, 0.2) is 0 Å². The molecule has 2 aromatic rings. The fourth-order valence-corrected chi connectivity index (χ4v) is 6.09. The highest BCUT2D eigenvalue weighted by molar-refractivity contribution is 7.89. The maximum absolute atomic E-state index is 13.2. The summed E-state index contributed by atoms with van der Waals surface area (Å²) in [6, 6.07) is 6.57. The van der Waals surface area contributed by atoms with Crippen LogP contribution in [0.2, 0.25) is 5.02 Å². The first kappa shape index (κ1) is 20.5. The van der Waals surface area contributed by atoms with Gasteiger partial charge in [0.1, 0.15) is 16.5 Å². The third-order valence-corrected chi connectivity index (χ3v) is 8.07. The van der Waals surface area contributed by atoms with Gasteiger partial charge in [-0.1, -0.05) is 23.7 Å². The number of rotatable bonds is 4. The van der Waals surface area contributed by atoms with Gasteiger partial charge in [-0.05, 0) is 45.0 Å². The van der Waals surface area contributed by atoms with Gasteiger partial charge in [0.05, 0.1) is 17.3 Å². The van der Waals surface area contributed by atoms with E-state index in [4.69, 9.17) is 21.6 Å². The molecule has 3 heterocycles.